The fraction of sp³-hybridized carbons (Fsp3) is 0.120. The molecule has 0 fully saturated rings. The van der Waals surface area contributed by atoms with Crippen molar-refractivity contribution in [3.8, 4) is 11.5 Å². The summed E-state index contributed by atoms with van der Waals surface area (Å²) in [5.41, 5.74) is 3.60. The Morgan fingerprint density at radius 1 is 1.06 bits per heavy atom. The summed E-state index contributed by atoms with van der Waals surface area (Å²) < 4.78 is 16.7. The van der Waals surface area contributed by atoms with Crippen LogP contribution in [0.4, 0.5) is 0 Å². The number of esters is 1. The summed E-state index contributed by atoms with van der Waals surface area (Å²) in [6.45, 7) is 2.29. The Bertz CT molecular complexity index is 1190. The van der Waals surface area contributed by atoms with Gasteiger partial charge in [-0.05, 0) is 47.9 Å². The first-order valence-electron chi connectivity index (χ1n) is 9.68. The molecule has 3 aromatic rings. The summed E-state index contributed by atoms with van der Waals surface area (Å²) in [6.07, 6.45) is 1.61. The van der Waals surface area contributed by atoms with E-state index in [9.17, 15) is 4.79 Å². The highest BCUT2D eigenvalue weighted by Gasteiger charge is 2.25. The van der Waals surface area contributed by atoms with E-state index in [0.717, 1.165) is 16.7 Å². The van der Waals surface area contributed by atoms with Gasteiger partial charge >= 0.3 is 5.97 Å². The van der Waals surface area contributed by atoms with E-state index in [4.69, 9.17) is 25.8 Å². The topological polar surface area (TPSA) is 57.1 Å². The molecule has 1 heterocycles. The van der Waals surface area contributed by atoms with E-state index in [0.29, 0.717) is 28.7 Å². The lowest BCUT2D eigenvalue weighted by atomic mass is 10.1. The molecule has 0 saturated carbocycles. The van der Waals surface area contributed by atoms with Gasteiger partial charge in [0.1, 0.15) is 6.61 Å². The summed E-state index contributed by atoms with van der Waals surface area (Å²) >= 11 is 6.46. The fourth-order valence-corrected chi connectivity index (χ4v) is 3.46. The molecule has 0 atom stereocenters. The fourth-order valence-electron chi connectivity index (χ4n) is 3.19. The predicted octanol–water partition coefficient (Wildman–Crippen LogP) is 5.58. The number of carbonyl (C=O) groups excluding carboxylic acids is 1. The van der Waals surface area contributed by atoms with Gasteiger partial charge in [0.2, 0.25) is 5.90 Å². The van der Waals surface area contributed by atoms with Crippen LogP contribution in [0.5, 0.6) is 11.5 Å². The van der Waals surface area contributed by atoms with Crippen LogP contribution in [0.2, 0.25) is 5.02 Å². The van der Waals surface area contributed by atoms with Crippen LogP contribution >= 0.6 is 11.6 Å². The van der Waals surface area contributed by atoms with E-state index >= 15 is 0 Å². The molecule has 1 aliphatic heterocycles. The number of hydrogen-bond donors (Lipinski definition) is 0. The van der Waals surface area contributed by atoms with E-state index in [1.54, 1.807) is 18.2 Å². The van der Waals surface area contributed by atoms with Crippen molar-refractivity contribution in [2.75, 3.05) is 7.11 Å². The van der Waals surface area contributed by atoms with Gasteiger partial charge in [0, 0.05) is 5.56 Å². The number of ether oxygens (including phenoxy) is 3. The molecule has 0 saturated heterocycles. The molecule has 0 spiro atoms. The average molecular weight is 434 g/mol. The van der Waals surface area contributed by atoms with Gasteiger partial charge in [-0.15, -0.1) is 0 Å². The lowest BCUT2D eigenvalue weighted by Gasteiger charge is -2.13. The normalized spacial score (nSPS) is 14.4. The molecular weight excluding hydrogens is 414 g/mol. The molecule has 0 aliphatic carbocycles. The molecule has 0 bridgehead atoms. The third kappa shape index (κ3) is 4.62. The molecule has 1 aliphatic rings. The summed E-state index contributed by atoms with van der Waals surface area (Å²) in [5.74, 6) is 0.672. The van der Waals surface area contributed by atoms with Gasteiger partial charge < -0.3 is 14.2 Å². The second kappa shape index (κ2) is 9.06. The van der Waals surface area contributed by atoms with Gasteiger partial charge in [-0.25, -0.2) is 9.79 Å². The summed E-state index contributed by atoms with van der Waals surface area (Å²) in [7, 11) is 1.54. The Balaban J connectivity index is 1.61. The Labute approximate surface area is 185 Å². The standard InChI is InChI=1S/C25H20ClNO4/c1-16-8-6-7-11-19(16)24-27-21(25(28)31-24)13-18-12-20(26)23(22(14-18)29-2)30-15-17-9-4-3-5-10-17/h3-14H,15H2,1-2H3/b21-13-. The number of carbonyl (C=O) groups is 1. The maximum Gasteiger partial charge on any atom is 0.363 e. The van der Waals surface area contributed by atoms with E-state index in [1.165, 1.54) is 7.11 Å². The Morgan fingerprint density at radius 3 is 2.55 bits per heavy atom. The number of methoxy groups -OCH3 is 1. The molecule has 0 unspecified atom stereocenters. The van der Waals surface area contributed by atoms with Crippen LogP contribution in [0.15, 0.2) is 77.4 Å². The SMILES string of the molecule is COc1cc(/C=C2\N=C(c3ccccc3C)OC2=O)cc(Cl)c1OCc1ccccc1. The molecule has 3 aromatic carbocycles. The zero-order valence-electron chi connectivity index (χ0n) is 17.1. The second-order valence-electron chi connectivity index (χ2n) is 6.96. The van der Waals surface area contributed by atoms with Crippen LogP contribution in [0.25, 0.3) is 6.08 Å². The highest BCUT2D eigenvalue weighted by Crippen LogP contribution is 2.38. The maximum atomic E-state index is 12.3. The van der Waals surface area contributed by atoms with Gasteiger partial charge in [0.05, 0.1) is 12.1 Å². The minimum Gasteiger partial charge on any atom is -0.493 e. The van der Waals surface area contributed by atoms with Crippen molar-refractivity contribution < 1.29 is 19.0 Å². The Morgan fingerprint density at radius 2 is 1.81 bits per heavy atom. The zero-order valence-corrected chi connectivity index (χ0v) is 17.8. The third-order valence-corrected chi connectivity index (χ3v) is 5.06. The van der Waals surface area contributed by atoms with Gasteiger partial charge in [-0.3, -0.25) is 0 Å². The second-order valence-corrected chi connectivity index (χ2v) is 7.37. The van der Waals surface area contributed by atoms with Crippen LogP contribution in [-0.4, -0.2) is 19.0 Å². The first kappa shape index (κ1) is 20.7. The van der Waals surface area contributed by atoms with Crippen LogP contribution in [0, 0.1) is 6.92 Å². The number of benzene rings is 3. The molecule has 31 heavy (non-hydrogen) atoms. The highest BCUT2D eigenvalue weighted by molar-refractivity contribution is 6.32. The van der Waals surface area contributed by atoms with Crippen molar-refractivity contribution in [3.63, 3.8) is 0 Å². The molecule has 156 valence electrons. The third-order valence-electron chi connectivity index (χ3n) is 4.78. The van der Waals surface area contributed by atoms with Crippen molar-refractivity contribution in [3.05, 3.63) is 99.7 Å². The number of rotatable bonds is 6. The molecule has 6 heteroatoms. The number of nitrogens with zero attached hydrogens (tertiary/aromatic N) is 1. The predicted molar refractivity (Wildman–Crippen MR) is 121 cm³/mol. The first-order valence-corrected chi connectivity index (χ1v) is 10.1. The van der Waals surface area contributed by atoms with Crippen molar-refractivity contribution in [1.29, 1.82) is 0 Å². The highest BCUT2D eigenvalue weighted by atomic mass is 35.5. The largest absolute Gasteiger partial charge is 0.493 e. The molecule has 0 amide bonds. The van der Waals surface area contributed by atoms with Crippen molar-refractivity contribution in [1.82, 2.24) is 0 Å². The lowest BCUT2D eigenvalue weighted by molar-refractivity contribution is -0.129. The van der Waals surface area contributed by atoms with Crippen LogP contribution in [-0.2, 0) is 16.1 Å². The number of aliphatic imine (C=N–C) groups is 1. The van der Waals surface area contributed by atoms with Crippen LogP contribution in [0.3, 0.4) is 0 Å². The van der Waals surface area contributed by atoms with Crippen LogP contribution < -0.4 is 9.47 Å². The Hall–Kier alpha value is -3.57. The minimum atomic E-state index is -0.516. The average Bonchev–Trinajstić information content (AvgIpc) is 3.13. The lowest BCUT2D eigenvalue weighted by Crippen LogP contribution is -2.06. The van der Waals surface area contributed by atoms with E-state index < -0.39 is 5.97 Å². The minimum absolute atomic E-state index is 0.189. The van der Waals surface area contributed by atoms with Crippen molar-refractivity contribution >= 4 is 29.5 Å². The Kier molecular flexibility index (Phi) is 6.05. The van der Waals surface area contributed by atoms with Crippen molar-refractivity contribution in [2.45, 2.75) is 13.5 Å². The summed E-state index contributed by atoms with van der Waals surface area (Å²) in [5, 5.41) is 0.372. The van der Waals surface area contributed by atoms with E-state index in [-0.39, 0.29) is 11.6 Å². The zero-order chi connectivity index (χ0) is 21.8. The van der Waals surface area contributed by atoms with Gasteiger partial charge in [-0.1, -0.05) is 60.1 Å². The molecule has 0 aromatic heterocycles. The molecule has 5 nitrogen and oxygen atoms in total. The summed E-state index contributed by atoms with van der Waals surface area (Å²) in [4.78, 5) is 16.7. The van der Waals surface area contributed by atoms with E-state index in [2.05, 4.69) is 4.99 Å². The quantitative estimate of drug-likeness (QED) is 0.376. The smallest absolute Gasteiger partial charge is 0.363 e. The number of halogens is 1. The molecule has 0 radical (unpaired) electrons. The van der Waals surface area contributed by atoms with Crippen molar-refractivity contribution in [2.24, 2.45) is 4.99 Å². The number of cyclic esters (lactones) is 1. The number of aryl methyl sites for hydroxylation is 1. The summed E-state index contributed by atoms with van der Waals surface area (Å²) in [6, 6.07) is 20.8. The number of hydrogen-bond acceptors (Lipinski definition) is 5. The molecule has 0 N–H and O–H groups in total. The molecule has 4 rings (SSSR count). The van der Waals surface area contributed by atoms with E-state index in [1.807, 2.05) is 61.5 Å². The maximum absolute atomic E-state index is 12.3. The monoisotopic (exact) mass is 433 g/mol. The van der Waals surface area contributed by atoms with Crippen LogP contribution in [0.1, 0.15) is 22.3 Å². The molecular formula is C25H20ClNO4. The first-order chi connectivity index (χ1) is 15.0. The van der Waals surface area contributed by atoms with Gasteiger partial charge in [0.15, 0.2) is 17.2 Å². The van der Waals surface area contributed by atoms with Gasteiger partial charge in [0.25, 0.3) is 0 Å². The van der Waals surface area contributed by atoms with Gasteiger partial charge in [-0.2, -0.15) is 0 Å².